The zero-order chi connectivity index (χ0) is 32.6. The Bertz CT molecular complexity index is 1350. The number of carbonyl (C=O) groups is 1. The van der Waals surface area contributed by atoms with Crippen molar-refractivity contribution in [2.75, 3.05) is 12.5 Å². The van der Waals surface area contributed by atoms with E-state index in [9.17, 15) is 17.6 Å². The number of unbranched alkanes of at least 4 members (excludes halogenated alkanes) is 11. The summed E-state index contributed by atoms with van der Waals surface area (Å²) in [7, 11) is -9.33. The van der Waals surface area contributed by atoms with Crippen LogP contribution in [0.3, 0.4) is 0 Å². The van der Waals surface area contributed by atoms with Gasteiger partial charge in [0.2, 0.25) is 0 Å². The highest BCUT2D eigenvalue weighted by Gasteiger charge is 2.58. The molecule has 3 rings (SSSR count). The van der Waals surface area contributed by atoms with Crippen LogP contribution >= 0.6 is 21.9 Å². The molecular formula is C34H42ClF3O5S2. The summed E-state index contributed by atoms with van der Waals surface area (Å²) >= 11 is 5.69. The monoisotopic (exact) mass is 686 g/mol. The van der Waals surface area contributed by atoms with E-state index in [-0.39, 0.29) is 21.3 Å². The van der Waals surface area contributed by atoms with Crippen molar-refractivity contribution in [3.63, 3.8) is 0 Å². The molecule has 0 unspecified atom stereocenters. The third kappa shape index (κ3) is 10.5. The molecule has 0 spiro atoms. The summed E-state index contributed by atoms with van der Waals surface area (Å²) in [6, 6.07) is 20.7. The van der Waals surface area contributed by atoms with Gasteiger partial charge in [0, 0.05) is 20.6 Å². The van der Waals surface area contributed by atoms with E-state index in [1.54, 1.807) is 60.7 Å². The number of halogens is 4. The smallest absolute Gasteiger partial charge is 0.460 e. The van der Waals surface area contributed by atoms with Crippen molar-refractivity contribution in [3.8, 4) is 0 Å². The van der Waals surface area contributed by atoms with Gasteiger partial charge >= 0.3 is 21.3 Å². The minimum Gasteiger partial charge on any atom is -0.460 e. The molecule has 0 saturated heterocycles. The van der Waals surface area contributed by atoms with E-state index in [1.165, 1.54) is 44.2 Å². The summed E-state index contributed by atoms with van der Waals surface area (Å²) in [5, 5.41) is -4.99. The lowest BCUT2D eigenvalue weighted by Gasteiger charge is -2.39. The van der Waals surface area contributed by atoms with Crippen LogP contribution in [0.25, 0.3) is 0 Å². The van der Waals surface area contributed by atoms with Crippen molar-refractivity contribution in [1.82, 2.24) is 0 Å². The number of esters is 1. The lowest BCUT2D eigenvalue weighted by atomic mass is 10.1. The number of alkyl halides is 3. The van der Waals surface area contributed by atoms with E-state index in [0.29, 0.717) is 12.8 Å². The number of benzene rings is 3. The van der Waals surface area contributed by atoms with Gasteiger partial charge < -0.3 is 4.74 Å². The minimum absolute atomic E-state index is 0.149. The van der Waals surface area contributed by atoms with Gasteiger partial charge in [-0.25, -0.2) is 12.8 Å². The second-order valence-corrected chi connectivity index (χ2v) is 15.6. The number of carbonyl (C=O) groups excluding carboxylic acids is 1. The average Bonchev–Trinajstić information content (AvgIpc) is 3.04. The van der Waals surface area contributed by atoms with Crippen LogP contribution in [0.4, 0.5) is 13.2 Å². The fourth-order valence-corrected chi connectivity index (χ4v) is 10.1. The van der Waals surface area contributed by atoms with Gasteiger partial charge in [0.25, 0.3) is 0 Å². The maximum atomic E-state index is 15.4. The Morgan fingerprint density at radius 2 is 1.02 bits per heavy atom. The van der Waals surface area contributed by atoms with Crippen LogP contribution in [-0.4, -0.2) is 32.1 Å². The van der Waals surface area contributed by atoms with Crippen molar-refractivity contribution < 1.29 is 34.7 Å². The van der Waals surface area contributed by atoms with Crippen LogP contribution in [0.5, 0.6) is 0 Å². The molecule has 0 heterocycles. The van der Waals surface area contributed by atoms with Crippen molar-refractivity contribution >= 4 is 38.0 Å². The van der Waals surface area contributed by atoms with Crippen molar-refractivity contribution in [3.05, 3.63) is 90.7 Å². The van der Waals surface area contributed by atoms with Crippen LogP contribution in [-0.2, 0) is 23.3 Å². The van der Waals surface area contributed by atoms with Gasteiger partial charge in [-0.1, -0.05) is 101 Å². The Kier molecular flexibility index (Phi) is 15.2. The molecule has 0 aromatic heterocycles. The lowest BCUT2D eigenvalue weighted by molar-refractivity contribution is -0.161. The minimum atomic E-state index is -5.91. The molecule has 0 aliphatic carbocycles. The lowest BCUT2D eigenvalue weighted by Crippen LogP contribution is -2.41. The predicted molar refractivity (Wildman–Crippen MR) is 174 cm³/mol. The second-order valence-electron chi connectivity index (χ2n) is 10.7. The van der Waals surface area contributed by atoms with Crippen LogP contribution in [0.1, 0.15) is 77.0 Å². The Morgan fingerprint density at radius 1 is 0.622 bits per heavy atom. The third-order valence-electron chi connectivity index (χ3n) is 7.30. The first-order chi connectivity index (χ1) is 21.6. The Hall–Kier alpha value is -2.53. The second kappa shape index (κ2) is 18.6. The largest absolute Gasteiger partial charge is 0.466 e. The SMILES string of the molecule is O=C(OCCCCCCCCCCCCCCCl)C(F)(F)S(=O)(=O)OS(c1ccccc1)(c1ccccc1)c1ccc(F)cc1. The Balaban J connectivity index is 1.62. The van der Waals surface area contributed by atoms with Crippen LogP contribution < -0.4 is 0 Å². The third-order valence-corrected chi connectivity index (χ3v) is 12.7. The predicted octanol–water partition coefficient (Wildman–Crippen LogP) is 10.4. The standard InChI is InChI=1S/C34H42ClF3O5S2/c35-27-17-9-7-5-3-1-2-4-6-8-10-18-28-42-33(39)34(37,38)45(40,41)43-44(30-19-13-11-14-20-30,31-21-15-12-16-22-31)32-25-23-29(36)24-26-32/h11-16,19-26H,1-10,17-18,27-28H2. The zero-order valence-electron chi connectivity index (χ0n) is 25.4. The normalized spacial score (nSPS) is 12.6. The highest BCUT2D eigenvalue weighted by atomic mass is 35.5. The maximum Gasteiger partial charge on any atom is 0.466 e. The molecule has 0 aliphatic heterocycles. The molecule has 0 fully saturated rings. The van der Waals surface area contributed by atoms with Crippen LogP contribution in [0, 0.1) is 5.82 Å². The Morgan fingerprint density at radius 3 is 1.47 bits per heavy atom. The molecule has 0 amide bonds. The molecular weight excluding hydrogens is 645 g/mol. The van der Waals surface area contributed by atoms with Gasteiger partial charge in [0.1, 0.15) is 5.82 Å². The van der Waals surface area contributed by atoms with Gasteiger partial charge in [-0.05, 0) is 71.7 Å². The first kappa shape index (κ1) is 36.9. The summed E-state index contributed by atoms with van der Waals surface area (Å²) < 4.78 is 81.5. The molecule has 0 atom stereocenters. The summed E-state index contributed by atoms with van der Waals surface area (Å²) in [6.07, 6.45) is 12.2. The number of rotatable bonds is 21. The van der Waals surface area contributed by atoms with Gasteiger partial charge in [0.15, 0.2) is 0 Å². The summed E-state index contributed by atoms with van der Waals surface area (Å²) in [4.78, 5) is 13.2. The molecule has 0 saturated carbocycles. The average molecular weight is 687 g/mol. The fourth-order valence-electron chi connectivity index (χ4n) is 4.87. The summed E-state index contributed by atoms with van der Waals surface area (Å²) in [5.74, 6) is -2.07. The fraction of sp³-hybridized carbons (Fsp3) is 0.441. The zero-order valence-corrected chi connectivity index (χ0v) is 27.7. The first-order valence-electron chi connectivity index (χ1n) is 15.4. The molecule has 11 heteroatoms. The molecule has 3 aromatic carbocycles. The topological polar surface area (TPSA) is 69.7 Å². The van der Waals surface area contributed by atoms with Gasteiger partial charge in [0.05, 0.1) is 6.61 Å². The first-order valence-corrected chi connectivity index (χ1v) is 18.9. The molecule has 0 aliphatic rings. The number of hydrogen-bond donors (Lipinski definition) is 0. The van der Waals surface area contributed by atoms with Gasteiger partial charge in [-0.15, -0.1) is 11.6 Å². The van der Waals surface area contributed by atoms with Gasteiger partial charge in [-0.3, -0.25) is 0 Å². The molecule has 3 aromatic rings. The summed E-state index contributed by atoms with van der Waals surface area (Å²) in [6.45, 7) is -0.334. The molecule has 5 nitrogen and oxygen atoms in total. The van der Waals surface area contributed by atoms with Gasteiger partial charge in [-0.2, -0.15) is 17.2 Å². The van der Waals surface area contributed by atoms with E-state index in [4.69, 9.17) is 20.0 Å². The summed E-state index contributed by atoms with van der Waals surface area (Å²) in [5.41, 5.74) is 0. The number of ether oxygens (including phenoxy) is 1. The molecule has 0 N–H and O–H groups in total. The molecule has 45 heavy (non-hydrogen) atoms. The molecule has 0 radical (unpaired) electrons. The van der Waals surface area contributed by atoms with E-state index < -0.39 is 37.5 Å². The highest BCUT2D eigenvalue weighted by Crippen LogP contribution is 2.70. The molecule has 248 valence electrons. The van der Waals surface area contributed by atoms with Crippen molar-refractivity contribution in [1.29, 1.82) is 0 Å². The maximum absolute atomic E-state index is 15.4. The van der Waals surface area contributed by atoms with E-state index in [1.807, 2.05) is 0 Å². The Labute approximate surface area is 272 Å². The molecule has 0 bridgehead atoms. The van der Waals surface area contributed by atoms with Crippen LogP contribution in [0.2, 0.25) is 0 Å². The highest BCUT2D eigenvalue weighted by molar-refractivity contribution is 8.33. The van der Waals surface area contributed by atoms with Crippen molar-refractivity contribution in [2.24, 2.45) is 0 Å². The quantitative estimate of drug-likeness (QED) is 0.0634. The van der Waals surface area contributed by atoms with Crippen LogP contribution in [0.15, 0.2) is 99.6 Å². The van der Waals surface area contributed by atoms with E-state index >= 15 is 8.78 Å². The van der Waals surface area contributed by atoms with E-state index in [0.717, 1.165) is 50.1 Å². The van der Waals surface area contributed by atoms with E-state index in [2.05, 4.69) is 0 Å². The number of hydrogen-bond acceptors (Lipinski definition) is 5. The van der Waals surface area contributed by atoms with Crippen molar-refractivity contribution in [2.45, 2.75) is 97.0 Å².